The van der Waals surface area contributed by atoms with Crippen LogP contribution in [0.5, 0.6) is 5.75 Å². The van der Waals surface area contributed by atoms with Crippen LogP contribution in [-0.2, 0) is 14.3 Å². The van der Waals surface area contributed by atoms with Crippen LogP contribution in [0.25, 0.3) is 0 Å². The number of ether oxygens (including phenoxy) is 2. The minimum absolute atomic E-state index is 0.00507. The number of benzene rings is 1. The summed E-state index contributed by atoms with van der Waals surface area (Å²) < 4.78 is 10.5. The van der Waals surface area contributed by atoms with Gasteiger partial charge in [-0.25, -0.2) is 4.79 Å². The number of nitrogens with one attached hydrogen (secondary N) is 1. The van der Waals surface area contributed by atoms with Crippen molar-refractivity contribution in [2.75, 3.05) is 6.61 Å². The topological polar surface area (TPSA) is 64.6 Å². The van der Waals surface area contributed by atoms with Crippen molar-refractivity contribution in [3.05, 3.63) is 29.3 Å². The van der Waals surface area contributed by atoms with Gasteiger partial charge in [0.25, 0.3) is 5.91 Å². The first-order chi connectivity index (χ1) is 9.70. The zero-order chi connectivity index (χ0) is 16.0. The number of hydrogen-bond acceptors (Lipinski definition) is 4. The average Bonchev–Trinajstić information content (AvgIpc) is 2.37. The molecule has 0 aromatic heterocycles. The van der Waals surface area contributed by atoms with Gasteiger partial charge in [0, 0.05) is 11.1 Å². The minimum Gasteiger partial charge on any atom is -0.476 e. The van der Waals surface area contributed by atoms with E-state index < -0.39 is 11.6 Å². The molecule has 0 fully saturated rings. The van der Waals surface area contributed by atoms with Crippen LogP contribution in [0.1, 0.15) is 27.7 Å². The number of rotatable bonds is 6. The van der Waals surface area contributed by atoms with Gasteiger partial charge in [-0.05, 0) is 52.0 Å². The summed E-state index contributed by atoms with van der Waals surface area (Å²) in [5, 5.41) is 3.21. The second-order valence-electron chi connectivity index (χ2n) is 5.36. The molecule has 5 nitrogen and oxygen atoms in total. The first-order valence-corrected chi connectivity index (χ1v) is 6.99. The predicted molar refractivity (Wildman–Crippen MR) is 80.4 cm³/mol. The molecule has 0 aliphatic rings. The fraction of sp³-hybridized carbons (Fsp3) is 0.467. The molecule has 1 rings (SSSR count). The lowest BCUT2D eigenvalue weighted by Gasteiger charge is -2.24. The summed E-state index contributed by atoms with van der Waals surface area (Å²) in [6.07, 6.45) is 0. The summed E-state index contributed by atoms with van der Waals surface area (Å²) in [6.45, 7) is 6.47. The quantitative estimate of drug-likeness (QED) is 0.820. The van der Waals surface area contributed by atoms with E-state index in [9.17, 15) is 9.59 Å². The molecule has 1 N–H and O–H groups in total. The highest BCUT2D eigenvalue weighted by molar-refractivity contribution is 6.30. The van der Waals surface area contributed by atoms with Gasteiger partial charge in [-0.2, -0.15) is 0 Å². The first kappa shape index (κ1) is 17.3. The highest BCUT2D eigenvalue weighted by Crippen LogP contribution is 2.21. The van der Waals surface area contributed by atoms with Crippen molar-refractivity contribution in [3.8, 4) is 5.75 Å². The number of carbonyl (C=O) groups is 2. The molecule has 0 atom stereocenters. The minimum atomic E-state index is -1.20. The summed E-state index contributed by atoms with van der Waals surface area (Å²) in [4.78, 5) is 23.4. The fourth-order valence-electron chi connectivity index (χ4n) is 1.51. The molecular formula is C15H20ClNO4. The van der Waals surface area contributed by atoms with Gasteiger partial charge in [0.2, 0.25) is 0 Å². The maximum absolute atomic E-state index is 12.0. The normalized spacial score (nSPS) is 11.1. The van der Waals surface area contributed by atoms with Gasteiger partial charge in [-0.15, -0.1) is 0 Å². The number of hydrogen-bond donors (Lipinski definition) is 1. The van der Waals surface area contributed by atoms with Gasteiger partial charge >= 0.3 is 5.97 Å². The Balaban J connectivity index is 2.54. The van der Waals surface area contributed by atoms with E-state index in [0.29, 0.717) is 10.8 Å². The second kappa shape index (κ2) is 7.31. The lowest BCUT2D eigenvalue weighted by molar-refractivity contribution is -0.162. The van der Waals surface area contributed by atoms with Gasteiger partial charge < -0.3 is 14.8 Å². The van der Waals surface area contributed by atoms with Crippen molar-refractivity contribution in [1.82, 2.24) is 5.32 Å². The Morgan fingerprint density at radius 3 is 2.33 bits per heavy atom. The third-order valence-corrected chi connectivity index (χ3v) is 2.71. The summed E-state index contributed by atoms with van der Waals surface area (Å²) in [5.41, 5.74) is -1.20. The van der Waals surface area contributed by atoms with E-state index in [-0.39, 0.29) is 18.6 Å². The lowest BCUT2D eigenvalue weighted by Crippen LogP contribution is -2.42. The maximum Gasteiger partial charge on any atom is 0.350 e. The lowest BCUT2D eigenvalue weighted by atomic mass is 10.1. The van der Waals surface area contributed by atoms with Gasteiger partial charge in [-0.1, -0.05) is 11.6 Å². The highest BCUT2D eigenvalue weighted by Gasteiger charge is 2.32. The van der Waals surface area contributed by atoms with Crippen LogP contribution in [0.3, 0.4) is 0 Å². The molecule has 0 unspecified atom stereocenters. The molecule has 0 bridgehead atoms. The van der Waals surface area contributed by atoms with E-state index in [2.05, 4.69) is 5.32 Å². The zero-order valence-electron chi connectivity index (χ0n) is 12.6. The van der Waals surface area contributed by atoms with Gasteiger partial charge in [0.1, 0.15) is 5.75 Å². The largest absolute Gasteiger partial charge is 0.476 e. The van der Waals surface area contributed by atoms with Crippen LogP contribution in [0.15, 0.2) is 24.3 Å². The van der Waals surface area contributed by atoms with Gasteiger partial charge in [0.15, 0.2) is 12.2 Å². The predicted octanol–water partition coefficient (Wildman–Crippen LogP) is 2.57. The Bertz CT molecular complexity index is 497. The summed E-state index contributed by atoms with van der Waals surface area (Å²) in [5.74, 6) is -0.468. The number of carbonyl (C=O) groups excluding carboxylic acids is 2. The summed E-state index contributed by atoms with van der Waals surface area (Å²) in [6, 6.07) is 6.63. The van der Waals surface area contributed by atoms with Crippen molar-refractivity contribution in [2.45, 2.75) is 39.3 Å². The van der Waals surface area contributed by atoms with E-state index in [4.69, 9.17) is 21.1 Å². The number of halogens is 1. The van der Waals surface area contributed by atoms with Crippen LogP contribution in [0.4, 0.5) is 0 Å². The van der Waals surface area contributed by atoms with Crippen LogP contribution in [0.2, 0.25) is 5.02 Å². The average molecular weight is 314 g/mol. The first-order valence-electron chi connectivity index (χ1n) is 6.62. The summed E-state index contributed by atoms with van der Waals surface area (Å²) in [7, 11) is 0. The molecule has 21 heavy (non-hydrogen) atoms. The van der Waals surface area contributed by atoms with Crippen molar-refractivity contribution in [1.29, 1.82) is 0 Å². The number of esters is 1. The molecule has 1 aromatic rings. The molecule has 116 valence electrons. The Hall–Kier alpha value is -1.75. The Morgan fingerprint density at radius 2 is 1.81 bits per heavy atom. The smallest absolute Gasteiger partial charge is 0.350 e. The van der Waals surface area contributed by atoms with Crippen LogP contribution >= 0.6 is 11.6 Å². The van der Waals surface area contributed by atoms with Crippen molar-refractivity contribution < 1.29 is 19.1 Å². The molecule has 0 radical (unpaired) electrons. The van der Waals surface area contributed by atoms with Crippen LogP contribution < -0.4 is 10.1 Å². The number of amides is 1. The highest BCUT2D eigenvalue weighted by atomic mass is 35.5. The molecule has 0 heterocycles. The summed E-state index contributed by atoms with van der Waals surface area (Å²) >= 11 is 5.78. The standard InChI is InChI=1S/C15H20ClNO4/c1-10(2)17-13(18)9-20-14(19)15(3,4)21-12-7-5-11(16)6-8-12/h5-8,10H,9H2,1-4H3,(H,17,18). The SMILES string of the molecule is CC(C)NC(=O)COC(=O)C(C)(C)Oc1ccc(Cl)cc1. The molecular weight excluding hydrogens is 294 g/mol. The molecule has 0 aliphatic heterocycles. The monoisotopic (exact) mass is 313 g/mol. The van der Waals surface area contributed by atoms with Crippen molar-refractivity contribution in [3.63, 3.8) is 0 Å². The Kier molecular flexibility index (Phi) is 6.03. The van der Waals surface area contributed by atoms with E-state index in [1.807, 2.05) is 13.8 Å². The molecule has 0 saturated heterocycles. The van der Waals surface area contributed by atoms with Crippen LogP contribution in [0, 0.1) is 0 Å². The van der Waals surface area contributed by atoms with E-state index in [1.165, 1.54) is 0 Å². The van der Waals surface area contributed by atoms with Gasteiger partial charge in [0.05, 0.1) is 0 Å². The molecule has 0 spiro atoms. The molecule has 0 aliphatic carbocycles. The van der Waals surface area contributed by atoms with Gasteiger partial charge in [-0.3, -0.25) is 4.79 Å². The maximum atomic E-state index is 12.0. The molecule has 0 saturated carbocycles. The Morgan fingerprint density at radius 1 is 1.24 bits per heavy atom. The third kappa shape index (κ3) is 6.04. The molecule has 1 amide bonds. The molecule has 1 aromatic carbocycles. The van der Waals surface area contributed by atoms with Crippen LogP contribution in [-0.4, -0.2) is 30.1 Å². The molecule has 6 heteroatoms. The zero-order valence-corrected chi connectivity index (χ0v) is 13.4. The van der Waals surface area contributed by atoms with Crippen molar-refractivity contribution >= 4 is 23.5 Å². The second-order valence-corrected chi connectivity index (χ2v) is 5.80. The van der Waals surface area contributed by atoms with E-state index in [0.717, 1.165) is 0 Å². The van der Waals surface area contributed by atoms with Crippen molar-refractivity contribution in [2.24, 2.45) is 0 Å². The third-order valence-electron chi connectivity index (χ3n) is 2.46. The van der Waals surface area contributed by atoms with E-state index >= 15 is 0 Å². The Labute approximate surface area is 129 Å². The fourth-order valence-corrected chi connectivity index (χ4v) is 1.63. The van der Waals surface area contributed by atoms with E-state index in [1.54, 1.807) is 38.1 Å².